The molecule has 2 saturated heterocycles. The molecule has 186 valence electrons. The smallest absolute Gasteiger partial charge is 0.281 e. The summed E-state index contributed by atoms with van der Waals surface area (Å²) < 4.78 is 7.17. The molecular weight excluding hydrogens is 464 g/mol. The lowest BCUT2D eigenvalue weighted by atomic mass is 10.1. The Morgan fingerprint density at radius 3 is 2.54 bits per heavy atom. The van der Waals surface area contributed by atoms with E-state index in [1.165, 1.54) is 11.3 Å². The molecule has 10 heteroatoms. The fourth-order valence-electron chi connectivity index (χ4n) is 4.98. The van der Waals surface area contributed by atoms with Crippen molar-refractivity contribution in [2.24, 2.45) is 0 Å². The van der Waals surface area contributed by atoms with Crippen LogP contribution in [0.5, 0.6) is 0 Å². The van der Waals surface area contributed by atoms with Crippen LogP contribution in [0.25, 0.3) is 10.3 Å². The van der Waals surface area contributed by atoms with Gasteiger partial charge in [0.2, 0.25) is 5.91 Å². The Bertz CT molecular complexity index is 1200. The quantitative estimate of drug-likeness (QED) is 0.493. The topological polar surface area (TPSA) is 83.8 Å². The number of rotatable bonds is 7. The molecule has 1 amide bonds. The first-order valence-electron chi connectivity index (χ1n) is 12.3. The van der Waals surface area contributed by atoms with E-state index in [4.69, 9.17) is 9.72 Å². The molecule has 3 aromatic rings. The maximum Gasteiger partial charge on any atom is 0.281 e. The molecule has 0 N–H and O–H groups in total. The van der Waals surface area contributed by atoms with Crippen molar-refractivity contribution in [3.63, 3.8) is 0 Å². The minimum Gasteiger partial charge on any atom is -0.378 e. The first kappa shape index (κ1) is 24.1. The van der Waals surface area contributed by atoms with Crippen LogP contribution in [0.3, 0.4) is 0 Å². The molecule has 0 aliphatic carbocycles. The summed E-state index contributed by atoms with van der Waals surface area (Å²) in [5.41, 5.74) is 3.12. The summed E-state index contributed by atoms with van der Waals surface area (Å²) in [7, 11) is 0. The van der Waals surface area contributed by atoms with Crippen molar-refractivity contribution < 1.29 is 9.53 Å². The van der Waals surface area contributed by atoms with Gasteiger partial charge in [0.1, 0.15) is 5.82 Å². The summed E-state index contributed by atoms with van der Waals surface area (Å²) in [6.45, 7) is 8.98. The zero-order valence-electron chi connectivity index (χ0n) is 20.1. The highest BCUT2D eigenvalue weighted by molar-refractivity contribution is 7.16. The lowest BCUT2D eigenvalue weighted by Gasteiger charge is -2.39. The van der Waals surface area contributed by atoms with E-state index in [2.05, 4.69) is 21.7 Å². The number of hydrogen-bond donors (Lipinski definition) is 0. The van der Waals surface area contributed by atoms with E-state index in [1.54, 1.807) is 10.1 Å². The van der Waals surface area contributed by atoms with Gasteiger partial charge in [-0.1, -0.05) is 37.3 Å². The van der Waals surface area contributed by atoms with E-state index in [9.17, 15) is 9.59 Å². The molecule has 2 aliphatic rings. The largest absolute Gasteiger partial charge is 0.378 e. The van der Waals surface area contributed by atoms with Gasteiger partial charge in [-0.2, -0.15) is 0 Å². The molecule has 35 heavy (non-hydrogen) atoms. The molecule has 2 aliphatic heterocycles. The van der Waals surface area contributed by atoms with Gasteiger partial charge in [0, 0.05) is 39.3 Å². The Kier molecular flexibility index (Phi) is 7.52. The molecule has 9 nitrogen and oxygen atoms in total. The molecule has 0 bridgehead atoms. The number of thiazole rings is 1. The number of piperazine rings is 1. The van der Waals surface area contributed by atoms with Crippen LogP contribution in [0.1, 0.15) is 30.8 Å². The second-order valence-corrected chi connectivity index (χ2v) is 9.92. The van der Waals surface area contributed by atoms with E-state index < -0.39 is 0 Å². The minimum atomic E-state index is -0.0803. The van der Waals surface area contributed by atoms with Crippen molar-refractivity contribution in [3.8, 4) is 0 Å². The van der Waals surface area contributed by atoms with Crippen molar-refractivity contribution >= 4 is 27.6 Å². The SMILES string of the molecule is CCC(c1nc2scnc2c(=O)n1Cc1ccccc1)N1CCN(CC(=O)N2CCOCC2)CC1. The summed E-state index contributed by atoms with van der Waals surface area (Å²) >= 11 is 1.41. The second-order valence-electron chi connectivity index (χ2n) is 9.08. The maximum absolute atomic E-state index is 13.4. The van der Waals surface area contributed by atoms with Gasteiger partial charge in [0.05, 0.1) is 37.9 Å². The van der Waals surface area contributed by atoms with Crippen molar-refractivity contribution in [1.29, 1.82) is 0 Å². The lowest BCUT2D eigenvalue weighted by molar-refractivity contribution is -0.137. The molecule has 5 rings (SSSR count). The maximum atomic E-state index is 13.4. The molecule has 0 spiro atoms. The second kappa shape index (κ2) is 10.9. The zero-order valence-corrected chi connectivity index (χ0v) is 21.0. The van der Waals surface area contributed by atoms with Crippen LogP contribution in [-0.2, 0) is 16.1 Å². The molecule has 2 aromatic heterocycles. The lowest BCUT2D eigenvalue weighted by Crippen LogP contribution is -2.52. The Balaban J connectivity index is 1.34. The van der Waals surface area contributed by atoms with Crippen LogP contribution in [-0.4, -0.2) is 94.2 Å². The monoisotopic (exact) mass is 496 g/mol. The van der Waals surface area contributed by atoms with Crippen molar-refractivity contribution in [3.05, 3.63) is 57.6 Å². The van der Waals surface area contributed by atoms with Crippen LogP contribution < -0.4 is 5.56 Å². The van der Waals surface area contributed by atoms with Gasteiger partial charge < -0.3 is 9.64 Å². The van der Waals surface area contributed by atoms with Gasteiger partial charge in [-0.15, -0.1) is 11.3 Å². The van der Waals surface area contributed by atoms with Crippen LogP contribution in [0.2, 0.25) is 0 Å². The number of benzene rings is 1. The molecule has 4 heterocycles. The number of carbonyl (C=O) groups excluding carboxylic acids is 1. The number of hydrogen-bond acceptors (Lipinski definition) is 8. The van der Waals surface area contributed by atoms with Crippen molar-refractivity contribution in [1.82, 2.24) is 29.2 Å². The Morgan fingerprint density at radius 1 is 1.09 bits per heavy atom. The van der Waals surface area contributed by atoms with E-state index >= 15 is 0 Å². The van der Waals surface area contributed by atoms with Crippen molar-refractivity contribution in [2.45, 2.75) is 25.9 Å². The highest BCUT2D eigenvalue weighted by Crippen LogP contribution is 2.26. The van der Waals surface area contributed by atoms with Crippen LogP contribution in [0, 0.1) is 0 Å². The zero-order chi connectivity index (χ0) is 24.2. The average molecular weight is 497 g/mol. The third-order valence-corrected chi connectivity index (χ3v) is 7.65. The summed E-state index contributed by atoms with van der Waals surface area (Å²) in [5, 5.41) is 0. The van der Waals surface area contributed by atoms with E-state index in [0.717, 1.165) is 44.0 Å². The molecule has 1 unspecified atom stereocenters. The van der Waals surface area contributed by atoms with Gasteiger partial charge >= 0.3 is 0 Å². The Labute approximate surface area is 208 Å². The summed E-state index contributed by atoms with van der Waals surface area (Å²) in [6, 6.07) is 10.1. The third-order valence-electron chi connectivity index (χ3n) is 6.93. The van der Waals surface area contributed by atoms with E-state index in [0.29, 0.717) is 49.7 Å². The highest BCUT2D eigenvalue weighted by atomic mass is 32.1. The van der Waals surface area contributed by atoms with Crippen LogP contribution in [0.4, 0.5) is 0 Å². The first-order valence-corrected chi connectivity index (χ1v) is 13.2. The molecule has 0 saturated carbocycles. The van der Waals surface area contributed by atoms with E-state index in [-0.39, 0.29) is 17.5 Å². The van der Waals surface area contributed by atoms with Gasteiger partial charge in [0.25, 0.3) is 5.56 Å². The van der Waals surface area contributed by atoms with Crippen LogP contribution >= 0.6 is 11.3 Å². The number of fused-ring (bicyclic) bond motifs is 1. The van der Waals surface area contributed by atoms with Gasteiger partial charge in [-0.3, -0.25) is 24.0 Å². The predicted molar refractivity (Wildman–Crippen MR) is 136 cm³/mol. The molecule has 1 atom stereocenters. The van der Waals surface area contributed by atoms with Crippen molar-refractivity contribution in [2.75, 3.05) is 59.0 Å². The molecule has 1 aromatic carbocycles. The number of aromatic nitrogens is 3. The number of morpholine rings is 1. The van der Waals surface area contributed by atoms with E-state index in [1.807, 2.05) is 35.2 Å². The number of carbonyl (C=O) groups is 1. The van der Waals surface area contributed by atoms with Gasteiger partial charge in [-0.05, 0) is 12.0 Å². The highest BCUT2D eigenvalue weighted by Gasteiger charge is 2.30. The number of ether oxygens (including phenoxy) is 1. The Morgan fingerprint density at radius 2 is 1.83 bits per heavy atom. The Hall–Kier alpha value is -2.66. The third kappa shape index (κ3) is 5.30. The number of amides is 1. The molecular formula is C25H32N6O3S. The standard InChI is InChI=1S/C25H32N6O3S/c1-2-20(29-10-8-28(9-11-29)17-21(32)30-12-14-34-15-13-30)23-27-24-22(26-18-35-24)25(33)31(23)16-19-6-4-3-5-7-19/h3-7,18,20H,2,8-17H2,1H3. The summed E-state index contributed by atoms with van der Waals surface area (Å²) in [5.74, 6) is 0.985. The van der Waals surface area contributed by atoms with Gasteiger partial charge in [-0.25, -0.2) is 9.97 Å². The first-order chi connectivity index (χ1) is 17.1. The normalized spacial score (nSPS) is 18.7. The molecule has 2 fully saturated rings. The fraction of sp³-hybridized carbons (Fsp3) is 0.520. The average Bonchev–Trinajstić information content (AvgIpc) is 3.38. The summed E-state index contributed by atoms with van der Waals surface area (Å²) in [4.78, 5) is 42.6. The predicted octanol–water partition coefficient (Wildman–Crippen LogP) is 1.83. The number of nitrogens with zero attached hydrogens (tertiary/aromatic N) is 6. The minimum absolute atomic E-state index is 0.0232. The fourth-order valence-corrected chi connectivity index (χ4v) is 5.63. The van der Waals surface area contributed by atoms with Gasteiger partial charge in [0.15, 0.2) is 10.3 Å². The summed E-state index contributed by atoms with van der Waals surface area (Å²) in [6.07, 6.45) is 0.845. The molecule has 0 radical (unpaired) electrons. The van der Waals surface area contributed by atoms with Crippen LogP contribution in [0.15, 0.2) is 40.6 Å².